The van der Waals surface area contributed by atoms with Crippen molar-refractivity contribution in [1.82, 2.24) is 5.32 Å². The molecule has 0 aromatic rings. The Balaban J connectivity index is 2.07. The molecule has 0 unspecified atom stereocenters. The highest BCUT2D eigenvalue weighted by Gasteiger charge is 2.38. The first-order valence-corrected chi connectivity index (χ1v) is 4.94. The molecule has 0 radical (unpaired) electrons. The third-order valence-electron chi connectivity index (χ3n) is 2.97. The van der Waals surface area contributed by atoms with Crippen LogP contribution in [-0.2, 0) is 9.53 Å². The van der Waals surface area contributed by atoms with Crippen LogP contribution in [-0.4, -0.2) is 31.2 Å². The second-order valence-electron chi connectivity index (χ2n) is 3.85. The van der Waals surface area contributed by atoms with Gasteiger partial charge in [0.25, 0.3) is 0 Å². The number of esters is 1. The topological polar surface area (TPSA) is 64.4 Å². The number of fused-ring (bicyclic) bond motifs is 1. The van der Waals surface area contributed by atoms with Gasteiger partial charge in [-0.25, -0.2) is 0 Å². The van der Waals surface area contributed by atoms with Crippen molar-refractivity contribution >= 4 is 5.97 Å². The summed E-state index contributed by atoms with van der Waals surface area (Å²) in [4.78, 5) is 11.2. The van der Waals surface area contributed by atoms with E-state index in [9.17, 15) is 4.79 Å². The molecule has 2 fully saturated rings. The fourth-order valence-corrected chi connectivity index (χ4v) is 2.27. The smallest absolute Gasteiger partial charge is 0.306 e. The number of hydrogen-bond acceptors (Lipinski definition) is 4. The number of ether oxygens (including phenoxy) is 1. The largest absolute Gasteiger partial charge is 0.461 e. The van der Waals surface area contributed by atoms with Crippen LogP contribution in [0.1, 0.15) is 19.3 Å². The van der Waals surface area contributed by atoms with Crippen LogP contribution in [0.2, 0.25) is 0 Å². The van der Waals surface area contributed by atoms with Crippen molar-refractivity contribution in [1.29, 1.82) is 0 Å². The van der Waals surface area contributed by atoms with E-state index in [0.29, 0.717) is 19.0 Å². The molecule has 2 saturated heterocycles. The minimum absolute atomic E-state index is 0.0727. The maximum Gasteiger partial charge on any atom is 0.306 e. The van der Waals surface area contributed by atoms with Gasteiger partial charge in [0.15, 0.2) is 0 Å². The van der Waals surface area contributed by atoms with Gasteiger partial charge in [0.05, 0.1) is 6.42 Å². The van der Waals surface area contributed by atoms with Crippen molar-refractivity contribution in [2.75, 3.05) is 13.1 Å². The number of piperidine rings is 1. The SMILES string of the molecule is NC[C@@H]1CC(=O)O[C@@H]2CCCN[C@H]12. The van der Waals surface area contributed by atoms with E-state index >= 15 is 0 Å². The predicted molar refractivity (Wildman–Crippen MR) is 48.1 cm³/mol. The standard InChI is InChI=1S/C9H16N2O2/c10-5-6-4-8(12)13-7-2-1-3-11-9(6)7/h6-7,9,11H,1-5,10H2/t6-,7+,9+/m0/s1. The van der Waals surface area contributed by atoms with E-state index in [1.165, 1.54) is 0 Å². The van der Waals surface area contributed by atoms with Crippen LogP contribution in [0, 0.1) is 5.92 Å². The number of carbonyl (C=O) groups is 1. The molecular formula is C9H16N2O2. The Hall–Kier alpha value is -0.610. The highest BCUT2D eigenvalue weighted by atomic mass is 16.5. The fourth-order valence-electron chi connectivity index (χ4n) is 2.27. The fraction of sp³-hybridized carbons (Fsp3) is 0.889. The van der Waals surface area contributed by atoms with Gasteiger partial charge in [0.1, 0.15) is 6.10 Å². The summed E-state index contributed by atoms with van der Waals surface area (Å²) in [6.45, 7) is 1.60. The Morgan fingerprint density at radius 3 is 3.23 bits per heavy atom. The third kappa shape index (κ3) is 1.69. The summed E-state index contributed by atoms with van der Waals surface area (Å²) in [5.74, 6) is 0.187. The summed E-state index contributed by atoms with van der Waals surface area (Å²) < 4.78 is 5.27. The minimum atomic E-state index is -0.0830. The first-order valence-electron chi connectivity index (χ1n) is 4.94. The first-order chi connectivity index (χ1) is 6.31. The molecule has 0 saturated carbocycles. The molecule has 2 rings (SSSR count). The third-order valence-corrected chi connectivity index (χ3v) is 2.97. The molecule has 0 aromatic heterocycles. The lowest BCUT2D eigenvalue weighted by Crippen LogP contribution is -2.56. The lowest BCUT2D eigenvalue weighted by Gasteiger charge is -2.40. The molecular weight excluding hydrogens is 168 g/mol. The van der Waals surface area contributed by atoms with E-state index < -0.39 is 0 Å². The number of nitrogens with two attached hydrogens (primary N) is 1. The number of rotatable bonds is 1. The summed E-state index contributed by atoms with van der Waals surface area (Å²) in [6.07, 6.45) is 2.62. The van der Waals surface area contributed by atoms with Crippen LogP contribution in [0.15, 0.2) is 0 Å². The van der Waals surface area contributed by atoms with Gasteiger partial charge >= 0.3 is 5.97 Å². The molecule has 74 valence electrons. The van der Waals surface area contributed by atoms with Gasteiger partial charge in [-0.15, -0.1) is 0 Å². The summed E-state index contributed by atoms with van der Waals surface area (Å²) in [5.41, 5.74) is 5.62. The van der Waals surface area contributed by atoms with Gasteiger partial charge in [-0.05, 0) is 25.9 Å². The van der Waals surface area contributed by atoms with Crippen LogP contribution in [0.5, 0.6) is 0 Å². The molecule has 0 bridgehead atoms. The highest BCUT2D eigenvalue weighted by Crippen LogP contribution is 2.26. The van der Waals surface area contributed by atoms with Crippen molar-refractivity contribution in [3.63, 3.8) is 0 Å². The zero-order chi connectivity index (χ0) is 9.26. The molecule has 3 N–H and O–H groups in total. The normalized spacial score (nSPS) is 39.5. The molecule has 0 spiro atoms. The molecule has 0 aromatic carbocycles. The second kappa shape index (κ2) is 3.64. The monoisotopic (exact) mass is 184 g/mol. The van der Waals surface area contributed by atoms with E-state index in [2.05, 4.69) is 5.32 Å². The van der Waals surface area contributed by atoms with E-state index in [1.54, 1.807) is 0 Å². The molecule has 2 heterocycles. The van der Waals surface area contributed by atoms with Crippen molar-refractivity contribution in [2.45, 2.75) is 31.4 Å². The number of hydrogen-bond donors (Lipinski definition) is 2. The average molecular weight is 184 g/mol. The summed E-state index contributed by atoms with van der Waals surface area (Å²) in [7, 11) is 0. The van der Waals surface area contributed by atoms with E-state index in [-0.39, 0.29) is 18.0 Å². The van der Waals surface area contributed by atoms with E-state index in [0.717, 1.165) is 19.4 Å². The Bertz CT molecular complexity index is 198. The van der Waals surface area contributed by atoms with Gasteiger partial charge in [-0.1, -0.05) is 0 Å². The van der Waals surface area contributed by atoms with Gasteiger partial charge in [0.2, 0.25) is 0 Å². The summed E-state index contributed by atoms with van der Waals surface area (Å²) >= 11 is 0. The molecule has 3 atom stereocenters. The second-order valence-corrected chi connectivity index (χ2v) is 3.85. The Kier molecular flexibility index (Phi) is 2.51. The Morgan fingerprint density at radius 1 is 1.62 bits per heavy atom. The van der Waals surface area contributed by atoms with Crippen LogP contribution in [0.3, 0.4) is 0 Å². The van der Waals surface area contributed by atoms with Crippen LogP contribution < -0.4 is 11.1 Å². The van der Waals surface area contributed by atoms with Crippen LogP contribution >= 0.6 is 0 Å². The molecule has 2 aliphatic heterocycles. The number of carbonyl (C=O) groups excluding carboxylic acids is 1. The Labute approximate surface area is 77.8 Å². The van der Waals surface area contributed by atoms with Crippen molar-refractivity contribution < 1.29 is 9.53 Å². The van der Waals surface area contributed by atoms with Crippen molar-refractivity contribution in [2.24, 2.45) is 11.7 Å². The van der Waals surface area contributed by atoms with Gasteiger partial charge in [-0.3, -0.25) is 4.79 Å². The average Bonchev–Trinajstić information content (AvgIpc) is 2.16. The molecule has 4 heteroatoms. The van der Waals surface area contributed by atoms with Crippen molar-refractivity contribution in [3.05, 3.63) is 0 Å². The summed E-state index contributed by atoms with van der Waals surface area (Å²) in [5, 5.41) is 3.39. The Morgan fingerprint density at radius 2 is 2.46 bits per heavy atom. The molecule has 0 amide bonds. The van der Waals surface area contributed by atoms with Crippen LogP contribution in [0.4, 0.5) is 0 Å². The molecule has 4 nitrogen and oxygen atoms in total. The van der Waals surface area contributed by atoms with E-state index in [1.807, 2.05) is 0 Å². The first kappa shape index (κ1) is 8.97. The molecule has 2 aliphatic rings. The van der Waals surface area contributed by atoms with Gasteiger partial charge in [0, 0.05) is 12.0 Å². The summed E-state index contributed by atoms with van der Waals surface area (Å²) in [6, 6.07) is 0.302. The minimum Gasteiger partial charge on any atom is -0.461 e. The zero-order valence-corrected chi connectivity index (χ0v) is 7.66. The quantitative estimate of drug-likeness (QED) is 0.546. The molecule has 0 aliphatic carbocycles. The predicted octanol–water partition coefficient (Wildman–Crippen LogP) is -0.371. The highest BCUT2D eigenvalue weighted by molar-refractivity contribution is 5.71. The number of nitrogens with one attached hydrogen (secondary N) is 1. The van der Waals surface area contributed by atoms with Crippen LogP contribution in [0.25, 0.3) is 0 Å². The van der Waals surface area contributed by atoms with Crippen molar-refractivity contribution in [3.8, 4) is 0 Å². The lowest BCUT2D eigenvalue weighted by molar-refractivity contribution is -0.161. The lowest BCUT2D eigenvalue weighted by atomic mass is 9.85. The van der Waals surface area contributed by atoms with Gasteiger partial charge in [-0.2, -0.15) is 0 Å². The maximum absolute atomic E-state index is 11.2. The maximum atomic E-state index is 11.2. The van der Waals surface area contributed by atoms with Gasteiger partial charge < -0.3 is 15.8 Å². The van der Waals surface area contributed by atoms with E-state index in [4.69, 9.17) is 10.5 Å². The zero-order valence-electron chi connectivity index (χ0n) is 7.66. The molecule has 13 heavy (non-hydrogen) atoms.